The number of fused-ring (bicyclic) bond motifs is 3. The number of nitrogens with zero attached hydrogens (tertiary/aromatic N) is 4. The van der Waals surface area contributed by atoms with Gasteiger partial charge in [-0.3, -0.25) is 9.59 Å². The zero-order valence-electron chi connectivity index (χ0n) is 17.2. The van der Waals surface area contributed by atoms with Gasteiger partial charge >= 0.3 is 0 Å². The first-order valence-corrected chi connectivity index (χ1v) is 11.3. The van der Waals surface area contributed by atoms with Gasteiger partial charge in [0.15, 0.2) is 4.83 Å². The van der Waals surface area contributed by atoms with Gasteiger partial charge in [-0.05, 0) is 49.0 Å². The van der Waals surface area contributed by atoms with Crippen LogP contribution in [0.2, 0.25) is 0 Å². The molecule has 1 aliphatic heterocycles. The van der Waals surface area contributed by atoms with Gasteiger partial charge in [-0.15, -0.1) is 16.4 Å². The van der Waals surface area contributed by atoms with Crippen LogP contribution in [0.3, 0.4) is 0 Å². The summed E-state index contributed by atoms with van der Waals surface area (Å²) >= 11 is 1.61. The van der Waals surface area contributed by atoms with E-state index in [0.717, 1.165) is 55.6 Å². The second-order valence-corrected chi connectivity index (χ2v) is 10.4. The van der Waals surface area contributed by atoms with Crippen molar-refractivity contribution in [1.82, 2.24) is 19.9 Å². The molecule has 1 aliphatic carbocycles. The molecule has 3 heterocycles. The Morgan fingerprint density at radius 1 is 1.18 bits per heavy atom. The molecule has 1 atom stereocenters. The second kappa shape index (κ2) is 7.58. The number of thiophene rings is 1. The Labute approximate surface area is 169 Å². The third kappa shape index (κ3) is 3.73. The summed E-state index contributed by atoms with van der Waals surface area (Å²) < 4.78 is 1.28. The molecule has 152 valence electrons. The maximum Gasteiger partial charge on any atom is 0.279 e. The van der Waals surface area contributed by atoms with Crippen molar-refractivity contribution < 1.29 is 4.79 Å². The molecule has 2 aromatic rings. The Balaban J connectivity index is 1.61. The summed E-state index contributed by atoms with van der Waals surface area (Å²) in [6.07, 6.45) is 7.44. The fraction of sp³-hybridized carbons (Fsp3) is 0.714. The average molecular weight is 403 g/mol. The summed E-state index contributed by atoms with van der Waals surface area (Å²) in [5.74, 6) is 0.599. The SMILES string of the molecule is CC(C)(C)[C@@H]1CCc2c(sc3nnn(CC(=O)N4CCCCCC4)c(=O)c23)C1. The molecule has 0 spiro atoms. The zero-order valence-corrected chi connectivity index (χ0v) is 18.0. The van der Waals surface area contributed by atoms with Crippen LogP contribution < -0.4 is 5.56 Å². The van der Waals surface area contributed by atoms with Crippen molar-refractivity contribution in [3.63, 3.8) is 0 Å². The summed E-state index contributed by atoms with van der Waals surface area (Å²) in [6.45, 7) is 8.43. The number of carbonyl (C=O) groups is 1. The number of aryl methyl sites for hydroxylation is 1. The number of likely N-dealkylation sites (tertiary alicyclic amines) is 1. The first-order valence-electron chi connectivity index (χ1n) is 10.5. The quantitative estimate of drug-likeness (QED) is 0.772. The van der Waals surface area contributed by atoms with Crippen LogP contribution in [0.1, 0.15) is 63.3 Å². The Hall–Kier alpha value is -1.76. The molecule has 7 heteroatoms. The van der Waals surface area contributed by atoms with Crippen LogP contribution in [0.5, 0.6) is 0 Å². The third-order valence-corrected chi connectivity index (χ3v) is 7.55. The lowest BCUT2D eigenvalue weighted by molar-refractivity contribution is -0.132. The van der Waals surface area contributed by atoms with Crippen molar-refractivity contribution in [3.05, 3.63) is 20.8 Å². The average Bonchev–Trinajstić information content (AvgIpc) is 2.82. The number of hydrogen-bond donors (Lipinski definition) is 0. The molecule has 2 aliphatic rings. The Bertz CT molecular complexity index is 932. The molecule has 4 rings (SSSR count). The fourth-order valence-corrected chi connectivity index (χ4v) is 5.75. The van der Waals surface area contributed by atoms with E-state index in [0.29, 0.717) is 11.3 Å². The van der Waals surface area contributed by atoms with Crippen LogP contribution in [0.4, 0.5) is 0 Å². The van der Waals surface area contributed by atoms with Crippen molar-refractivity contribution in [2.45, 2.75) is 72.3 Å². The minimum absolute atomic E-state index is 0.00297. The monoisotopic (exact) mass is 402 g/mol. The van der Waals surface area contributed by atoms with Crippen molar-refractivity contribution in [2.24, 2.45) is 11.3 Å². The highest BCUT2D eigenvalue weighted by Gasteiger charge is 2.32. The van der Waals surface area contributed by atoms with Crippen LogP contribution in [0, 0.1) is 11.3 Å². The van der Waals surface area contributed by atoms with E-state index in [4.69, 9.17) is 0 Å². The molecule has 0 radical (unpaired) electrons. The van der Waals surface area contributed by atoms with Crippen molar-refractivity contribution in [3.8, 4) is 0 Å². The molecule has 1 fully saturated rings. The highest BCUT2D eigenvalue weighted by atomic mass is 32.1. The summed E-state index contributed by atoms with van der Waals surface area (Å²) in [5, 5.41) is 9.10. The number of hydrogen-bond acceptors (Lipinski definition) is 5. The van der Waals surface area contributed by atoms with E-state index < -0.39 is 0 Å². The second-order valence-electron chi connectivity index (χ2n) is 9.34. The number of rotatable bonds is 2. The minimum atomic E-state index is -0.153. The predicted octanol–water partition coefficient (Wildman–Crippen LogP) is 3.41. The molecule has 0 N–H and O–H groups in total. The highest BCUT2D eigenvalue weighted by molar-refractivity contribution is 7.18. The smallest absolute Gasteiger partial charge is 0.279 e. The first kappa shape index (κ1) is 19.6. The molecule has 6 nitrogen and oxygen atoms in total. The van der Waals surface area contributed by atoms with Gasteiger partial charge in [0.05, 0.1) is 5.39 Å². The zero-order chi connectivity index (χ0) is 19.9. The Morgan fingerprint density at radius 2 is 1.89 bits per heavy atom. The summed E-state index contributed by atoms with van der Waals surface area (Å²) in [6, 6.07) is 0. The van der Waals surface area contributed by atoms with Crippen LogP contribution in [-0.4, -0.2) is 38.9 Å². The molecule has 0 bridgehead atoms. The molecule has 0 saturated carbocycles. The number of carbonyl (C=O) groups excluding carboxylic acids is 1. The van der Waals surface area contributed by atoms with E-state index in [2.05, 4.69) is 31.1 Å². The van der Waals surface area contributed by atoms with E-state index in [9.17, 15) is 9.59 Å². The summed E-state index contributed by atoms with van der Waals surface area (Å²) in [4.78, 5) is 29.7. The molecule has 2 aromatic heterocycles. The largest absolute Gasteiger partial charge is 0.341 e. The maximum absolute atomic E-state index is 13.1. The van der Waals surface area contributed by atoms with E-state index in [1.54, 1.807) is 11.3 Å². The summed E-state index contributed by atoms with van der Waals surface area (Å²) in [5.41, 5.74) is 1.26. The summed E-state index contributed by atoms with van der Waals surface area (Å²) in [7, 11) is 0. The molecule has 1 amide bonds. The van der Waals surface area contributed by atoms with Crippen LogP contribution in [0.25, 0.3) is 10.2 Å². The molecule has 0 unspecified atom stereocenters. The van der Waals surface area contributed by atoms with Crippen molar-refractivity contribution in [1.29, 1.82) is 0 Å². The standard InChI is InChI=1S/C21H30N4O2S/c1-21(2,3)14-8-9-15-16(12-14)28-19-18(15)20(27)25(23-22-19)13-17(26)24-10-6-4-5-7-11-24/h14H,4-13H2,1-3H3/t14-/m1/s1. The normalized spacial score (nSPS) is 20.8. The Kier molecular flexibility index (Phi) is 5.29. The van der Waals surface area contributed by atoms with Crippen molar-refractivity contribution in [2.75, 3.05) is 13.1 Å². The molecular formula is C21H30N4O2S. The van der Waals surface area contributed by atoms with E-state index in [1.807, 2.05) is 4.90 Å². The lowest BCUT2D eigenvalue weighted by Gasteiger charge is -2.33. The molecule has 28 heavy (non-hydrogen) atoms. The van der Waals surface area contributed by atoms with Gasteiger partial charge in [0.1, 0.15) is 6.54 Å². The molecule has 0 aromatic carbocycles. The van der Waals surface area contributed by atoms with Crippen molar-refractivity contribution >= 4 is 27.5 Å². The van der Waals surface area contributed by atoms with Gasteiger partial charge in [0.2, 0.25) is 5.91 Å². The maximum atomic E-state index is 13.1. The van der Waals surface area contributed by atoms with Crippen LogP contribution in [-0.2, 0) is 24.2 Å². The van der Waals surface area contributed by atoms with E-state index in [-0.39, 0.29) is 23.4 Å². The molecule has 1 saturated heterocycles. The van der Waals surface area contributed by atoms with E-state index in [1.165, 1.54) is 22.4 Å². The van der Waals surface area contributed by atoms with E-state index >= 15 is 0 Å². The lowest BCUT2D eigenvalue weighted by atomic mass is 9.72. The topological polar surface area (TPSA) is 68.1 Å². The van der Waals surface area contributed by atoms with Gasteiger partial charge < -0.3 is 4.90 Å². The Morgan fingerprint density at radius 3 is 2.57 bits per heavy atom. The van der Waals surface area contributed by atoms with Gasteiger partial charge in [-0.2, -0.15) is 0 Å². The van der Waals surface area contributed by atoms with Crippen LogP contribution in [0.15, 0.2) is 4.79 Å². The van der Waals surface area contributed by atoms with Gasteiger partial charge in [-0.25, -0.2) is 4.68 Å². The number of amides is 1. The first-order chi connectivity index (χ1) is 13.3. The number of aromatic nitrogens is 3. The van der Waals surface area contributed by atoms with Gasteiger partial charge in [0, 0.05) is 18.0 Å². The molecular weight excluding hydrogens is 372 g/mol. The van der Waals surface area contributed by atoms with Gasteiger partial charge in [0.25, 0.3) is 5.56 Å². The van der Waals surface area contributed by atoms with Crippen LogP contribution >= 0.6 is 11.3 Å². The predicted molar refractivity (Wildman–Crippen MR) is 112 cm³/mol. The lowest BCUT2D eigenvalue weighted by Crippen LogP contribution is -2.38. The highest BCUT2D eigenvalue weighted by Crippen LogP contribution is 2.41. The van der Waals surface area contributed by atoms with Gasteiger partial charge in [-0.1, -0.05) is 38.8 Å². The minimum Gasteiger partial charge on any atom is -0.341 e. The third-order valence-electron chi connectivity index (χ3n) is 6.41. The fourth-order valence-electron chi connectivity index (χ4n) is 4.52.